The first-order valence-electron chi connectivity index (χ1n) is 9.96. The van der Waals surface area contributed by atoms with Crippen LogP contribution < -0.4 is 14.9 Å². The molecule has 1 aliphatic heterocycles. The summed E-state index contributed by atoms with van der Waals surface area (Å²) in [7, 11) is 1.32. The molecule has 162 valence electrons. The number of hydrogen-bond donors (Lipinski definition) is 1. The number of carboxylic acid groups (broad SMARTS) is 1. The lowest BCUT2D eigenvalue weighted by atomic mass is 9.95. The number of aromatic carboxylic acids is 1. The van der Waals surface area contributed by atoms with Gasteiger partial charge in [-0.15, -0.1) is 0 Å². The summed E-state index contributed by atoms with van der Waals surface area (Å²) in [6.45, 7) is 1.91. The van der Waals surface area contributed by atoms with Crippen molar-refractivity contribution in [3.63, 3.8) is 0 Å². The van der Waals surface area contributed by atoms with Crippen LogP contribution in [-0.4, -0.2) is 28.7 Å². The molecule has 1 aromatic heterocycles. The van der Waals surface area contributed by atoms with Crippen LogP contribution in [0, 0.1) is 0 Å². The summed E-state index contributed by atoms with van der Waals surface area (Å²) in [6, 6.07) is 14.9. The quantitative estimate of drug-likeness (QED) is 0.605. The number of benzene rings is 2. The number of carbonyl (C=O) groups excluding carboxylic acids is 1. The Bertz CT molecular complexity index is 1400. The Balaban J connectivity index is 1.94. The first-order valence-corrected chi connectivity index (χ1v) is 10.8. The smallest absolute Gasteiger partial charge is 0.338 e. The normalized spacial score (nSPS) is 15.8. The molecule has 0 fully saturated rings. The second kappa shape index (κ2) is 8.76. The second-order valence-electron chi connectivity index (χ2n) is 7.13. The Labute approximate surface area is 187 Å². The van der Waals surface area contributed by atoms with Gasteiger partial charge in [0.05, 0.1) is 34.5 Å². The van der Waals surface area contributed by atoms with Crippen LogP contribution in [0.15, 0.2) is 75.7 Å². The third kappa shape index (κ3) is 3.80. The van der Waals surface area contributed by atoms with Crippen molar-refractivity contribution < 1.29 is 19.4 Å². The number of allylic oxidation sites excluding steroid dienone is 1. The number of aromatic nitrogens is 1. The summed E-state index contributed by atoms with van der Waals surface area (Å²) >= 11 is 1.23. The van der Waals surface area contributed by atoms with Crippen LogP contribution in [0.3, 0.4) is 0 Å². The van der Waals surface area contributed by atoms with Gasteiger partial charge in [-0.2, -0.15) is 0 Å². The van der Waals surface area contributed by atoms with Gasteiger partial charge in [-0.25, -0.2) is 14.6 Å². The average molecular weight is 449 g/mol. The largest absolute Gasteiger partial charge is 0.478 e. The van der Waals surface area contributed by atoms with Gasteiger partial charge in [0.1, 0.15) is 0 Å². The van der Waals surface area contributed by atoms with Gasteiger partial charge in [-0.05, 0) is 35.8 Å². The predicted molar refractivity (Wildman–Crippen MR) is 120 cm³/mol. The van der Waals surface area contributed by atoms with Gasteiger partial charge >= 0.3 is 11.9 Å². The molecule has 7 nitrogen and oxygen atoms in total. The van der Waals surface area contributed by atoms with Crippen LogP contribution in [0.25, 0.3) is 6.08 Å². The highest BCUT2D eigenvalue weighted by Crippen LogP contribution is 2.31. The number of esters is 1. The monoisotopic (exact) mass is 448 g/mol. The zero-order chi connectivity index (χ0) is 22.8. The van der Waals surface area contributed by atoms with Crippen LogP contribution in [-0.2, 0) is 9.53 Å². The van der Waals surface area contributed by atoms with E-state index in [2.05, 4.69) is 4.99 Å². The molecule has 0 saturated heterocycles. The van der Waals surface area contributed by atoms with E-state index < -0.39 is 18.0 Å². The van der Waals surface area contributed by atoms with Gasteiger partial charge in [0.15, 0.2) is 4.80 Å². The van der Waals surface area contributed by atoms with E-state index >= 15 is 0 Å². The first kappa shape index (κ1) is 21.5. The molecule has 1 N–H and O–H groups in total. The fourth-order valence-corrected chi connectivity index (χ4v) is 4.71. The summed E-state index contributed by atoms with van der Waals surface area (Å²) in [5.41, 5.74) is 2.31. The molecule has 4 rings (SSSR count). The number of hydrogen-bond acceptors (Lipinski definition) is 6. The third-order valence-electron chi connectivity index (χ3n) is 5.22. The molecule has 0 radical (unpaired) electrons. The number of nitrogens with zero attached hydrogens (tertiary/aromatic N) is 2. The number of methoxy groups -OCH3 is 1. The van der Waals surface area contributed by atoms with Crippen LogP contribution in [0.5, 0.6) is 0 Å². The van der Waals surface area contributed by atoms with Crippen molar-refractivity contribution in [1.82, 2.24) is 4.57 Å². The van der Waals surface area contributed by atoms with Crippen LogP contribution in [0.2, 0.25) is 0 Å². The number of carbonyl (C=O) groups is 2. The summed E-state index contributed by atoms with van der Waals surface area (Å²) in [6.07, 6.45) is 2.21. The molecular weight excluding hydrogens is 428 g/mol. The Morgan fingerprint density at radius 2 is 1.84 bits per heavy atom. The Kier molecular flexibility index (Phi) is 5.87. The topological polar surface area (TPSA) is 98.0 Å². The predicted octanol–water partition coefficient (Wildman–Crippen LogP) is 2.50. The molecule has 2 aromatic carbocycles. The molecule has 0 aliphatic carbocycles. The minimum atomic E-state index is -1.01. The molecule has 3 aromatic rings. The van der Waals surface area contributed by atoms with E-state index in [0.717, 1.165) is 5.56 Å². The van der Waals surface area contributed by atoms with Gasteiger partial charge in [-0.3, -0.25) is 9.36 Å². The molecule has 8 heteroatoms. The lowest BCUT2D eigenvalue weighted by molar-refractivity contribution is -0.136. The van der Waals surface area contributed by atoms with E-state index in [-0.39, 0.29) is 11.1 Å². The second-order valence-corrected chi connectivity index (χ2v) is 8.14. The fourth-order valence-electron chi connectivity index (χ4n) is 3.69. The van der Waals surface area contributed by atoms with E-state index in [4.69, 9.17) is 9.84 Å². The van der Waals surface area contributed by atoms with Gasteiger partial charge < -0.3 is 9.84 Å². The van der Waals surface area contributed by atoms with Crippen LogP contribution in [0.4, 0.5) is 0 Å². The lowest BCUT2D eigenvalue weighted by Gasteiger charge is -2.25. The van der Waals surface area contributed by atoms with Gasteiger partial charge in [0.25, 0.3) is 5.56 Å². The van der Waals surface area contributed by atoms with Crippen molar-refractivity contribution in [1.29, 1.82) is 0 Å². The molecule has 0 bridgehead atoms. The third-order valence-corrected chi connectivity index (χ3v) is 6.20. The standard InChI is InChI=1S/C24H20N2O5S/c1-3-17-19(23(30)31-2)20(15-7-5-4-6-8-15)26-21(27)18(32-24(26)25-17)13-14-9-11-16(12-10-14)22(28)29/h4-13,20H,3H2,1-2H3,(H,28,29)/b18-13-/t20-/m1/s1. The van der Waals surface area contributed by atoms with E-state index in [1.165, 1.54) is 35.1 Å². The molecule has 0 spiro atoms. The Morgan fingerprint density at radius 3 is 2.44 bits per heavy atom. The molecule has 2 heterocycles. The summed E-state index contributed by atoms with van der Waals surface area (Å²) in [4.78, 5) is 42.4. The SMILES string of the molecule is CCC1=C(C(=O)OC)[C@@H](c2ccccc2)n2c(s/c(=C\c3ccc(C(=O)O)cc3)c2=O)=N1. The van der Waals surface area contributed by atoms with Crippen molar-refractivity contribution >= 4 is 29.4 Å². The van der Waals surface area contributed by atoms with E-state index in [0.29, 0.717) is 32.6 Å². The van der Waals surface area contributed by atoms with Crippen LogP contribution in [0.1, 0.15) is 40.9 Å². The summed E-state index contributed by atoms with van der Waals surface area (Å²) in [5.74, 6) is -1.53. The highest BCUT2D eigenvalue weighted by atomic mass is 32.1. The maximum Gasteiger partial charge on any atom is 0.338 e. The Hall–Kier alpha value is -3.78. The maximum absolute atomic E-state index is 13.4. The summed E-state index contributed by atoms with van der Waals surface area (Å²) in [5, 5.41) is 9.08. The molecule has 1 atom stereocenters. The minimum absolute atomic E-state index is 0.169. The van der Waals surface area contributed by atoms with Crippen molar-refractivity contribution in [2.75, 3.05) is 7.11 Å². The molecule has 1 aliphatic rings. The van der Waals surface area contributed by atoms with Crippen molar-refractivity contribution in [3.8, 4) is 0 Å². The number of fused-ring (bicyclic) bond motifs is 1. The molecule has 0 unspecified atom stereocenters. The maximum atomic E-state index is 13.4. The van der Waals surface area contributed by atoms with Crippen LogP contribution >= 0.6 is 11.3 Å². The van der Waals surface area contributed by atoms with Gasteiger partial charge in [-0.1, -0.05) is 60.7 Å². The lowest BCUT2D eigenvalue weighted by Crippen LogP contribution is -2.40. The molecular formula is C24H20N2O5S. The number of rotatable bonds is 5. The van der Waals surface area contributed by atoms with Gasteiger partial charge in [0.2, 0.25) is 0 Å². The Morgan fingerprint density at radius 1 is 1.16 bits per heavy atom. The van der Waals surface area contributed by atoms with E-state index in [1.54, 1.807) is 18.2 Å². The van der Waals surface area contributed by atoms with Crippen molar-refractivity contribution in [2.24, 2.45) is 4.99 Å². The van der Waals surface area contributed by atoms with Crippen molar-refractivity contribution in [3.05, 3.63) is 102 Å². The van der Waals surface area contributed by atoms with Gasteiger partial charge in [0, 0.05) is 0 Å². The van der Waals surface area contributed by atoms with E-state index in [1.807, 2.05) is 37.3 Å². The fraction of sp³-hybridized carbons (Fsp3) is 0.167. The number of thiazole rings is 1. The summed E-state index contributed by atoms with van der Waals surface area (Å²) < 4.78 is 7.01. The van der Waals surface area contributed by atoms with E-state index in [9.17, 15) is 14.4 Å². The number of carboxylic acids is 1. The minimum Gasteiger partial charge on any atom is -0.478 e. The highest BCUT2D eigenvalue weighted by Gasteiger charge is 2.33. The zero-order valence-corrected chi connectivity index (χ0v) is 18.3. The number of ether oxygens (including phenoxy) is 1. The highest BCUT2D eigenvalue weighted by molar-refractivity contribution is 7.07. The average Bonchev–Trinajstić information content (AvgIpc) is 3.12. The first-order chi connectivity index (χ1) is 15.4. The molecule has 0 amide bonds. The van der Waals surface area contributed by atoms with Crippen molar-refractivity contribution in [2.45, 2.75) is 19.4 Å². The molecule has 32 heavy (non-hydrogen) atoms. The molecule has 0 saturated carbocycles. The zero-order valence-electron chi connectivity index (χ0n) is 17.4.